The van der Waals surface area contributed by atoms with Gasteiger partial charge in [0.25, 0.3) is 0 Å². The van der Waals surface area contributed by atoms with Gasteiger partial charge in [0.05, 0.1) is 39.1 Å². The maximum atomic E-state index is 9.34. The molecule has 0 aliphatic heterocycles. The summed E-state index contributed by atoms with van der Waals surface area (Å²) in [5.41, 5.74) is 9.66. The fraction of sp³-hybridized carbons (Fsp3) is 0.211. The fourth-order valence-electron chi connectivity index (χ4n) is 2.80. The molecule has 25 heavy (non-hydrogen) atoms. The first-order valence-electron chi connectivity index (χ1n) is 7.72. The van der Waals surface area contributed by atoms with Crippen molar-refractivity contribution in [2.45, 2.75) is 6.61 Å². The SMILES string of the molecule is COc1cc(-c2ccc3c(N)c(CO)ccc3n2)cc(OC)c1OC. The lowest BCUT2D eigenvalue weighted by Crippen LogP contribution is -1.98. The number of ether oxygens (including phenoxy) is 3. The van der Waals surface area contributed by atoms with Gasteiger partial charge >= 0.3 is 0 Å². The monoisotopic (exact) mass is 340 g/mol. The number of hydrogen-bond acceptors (Lipinski definition) is 6. The second-order valence-electron chi connectivity index (χ2n) is 5.47. The van der Waals surface area contributed by atoms with Crippen molar-refractivity contribution < 1.29 is 19.3 Å². The van der Waals surface area contributed by atoms with Crippen LogP contribution in [0.15, 0.2) is 36.4 Å². The Morgan fingerprint density at radius 2 is 1.64 bits per heavy atom. The summed E-state index contributed by atoms with van der Waals surface area (Å²) < 4.78 is 16.1. The Hall–Kier alpha value is -2.99. The van der Waals surface area contributed by atoms with Crippen molar-refractivity contribution in [2.24, 2.45) is 0 Å². The Labute approximate surface area is 145 Å². The van der Waals surface area contributed by atoms with E-state index in [4.69, 9.17) is 19.9 Å². The Balaban J connectivity index is 2.16. The molecule has 0 radical (unpaired) electrons. The van der Waals surface area contributed by atoms with E-state index in [1.54, 1.807) is 27.4 Å². The molecule has 0 atom stereocenters. The van der Waals surface area contributed by atoms with Crippen molar-refractivity contribution >= 4 is 16.6 Å². The second-order valence-corrected chi connectivity index (χ2v) is 5.47. The molecule has 0 fully saturated rings. The first-order valence-corrected chi connectivity index (χ1v) is 7.72. The van der Waals surface area contributed by atoms with Crippen LogP contribution in [0.2, 0.25) is 0 Å². The molecule has 0 aliphatic rings. The minimum absolute atomic E-state index is 0.101. The number of nitrogens with two attached hydrogens (primary N) is 1. The molecule has 0 saturated heterocycles. The van der Waals surface area contributed by atoms with E-state index in [1.807, 2.05) is 30.3 Å². The zero-order valence-corrected chi connectivity index (χ0v) is 14.4. The van der Waals surface area contributed by atoms with E-state index < -0.39 is 0 Å². The highest BCUT2D eigenvalue weighted by Crippen LogP contribution is 2.41. The highest BCUT2D eigenvalue weighted by atomic mass is 16.5. The molecule has 6 heteroatoms. The van der Waals surface area contributed by atoms with Gasteiger partial charge in [-0.25, -0.2) is 4.98 Å². The number of anilines is 1. The summed E-state index contributed by atoms with van der Waals surface area (Å²) in [5.74, 6) is 1.66. The van der Waals surface area contributed by atoms with E-state index in [1.165, 1.54) is 0 Å². The molecule has 3 rings (SSSR count). The van der Waals surface area contributed by atoms with E-state index in [9.17, 15) is 5.11 Å². The molecule has 130 valence electrons. The van der Waals surface area contributed by atoms with Gasteiger partial charge in [-0.1, -0.05) is 6.07 Å². The fourth-order valence-corrected chi connectivity index (χ4v) is 2.80. The predicted molar refractivity (Wildman–Crippen MR) is 97.2 cm³/mol. The number of aliphatic hydroxyl groups is 1. The Morgan fingerprint density at radius 3 is 2.20 bits per heavy atom. The zero-order chi connectivity index (χ0) is 18.0. The normalized spacial score (nSPS) is 10.7. The number of rotatable bonds is 5. The van der Waals surface area contributed by atoms with E-state index in [2.05, 4.69) is 4.98 Å². The average molecular weight is 340 g/mol. The average Bonchev–Trinajstić information content (AvgIpc) is 2.66. The topological polar surface area (TPSA) is 86.8 Å². The van der Waals surface area contributed by atoms with E-state index in [0.29, 0.717) is 28.5 Å². The standard InChI is InChI=1S/C19H20N2O4/c1-23-16-8-12(9-17(24-2)19(16)25-3)14-7-5-13-15(21-14)6-4-11(10-22)18(13)20/h4-9,22H,10,20H2,1-3H3. The molecule has 6 nitrogen and oxygen atoms in total. The van der Waals surface area contributed by atoms with E-state index in [-0.39, 0.29) is 6.61 Å². The van der Waals surface area contributed by atoms with E-state index >= 15 is 0 Å². The number of nitrogens with zero attached hydrogens (tertiary/aromatic N) is 1. The summed E-state index contributed by atoms with van der Waals surface area (Å²) in [6.07, 6.45) is 0. The first-order chi connectivity index (χ1) is 12.1. The summed E-state index contributed by atoms with van der Waals surface area (Å²) in [5, 5.41) is 10.1. The number of pyridine rings is 1. The van der Waals surface area contributed by atoms with E-state index in [0.717, 1.165) is 22.2 Å². The number of hydrogen-bond donors (Lipinski definition) is 2. The lowest BCUT2D eigenvalue weighted by Gasteiger charge is -2.14. The lowest BCUT2D eigenvalue weighted by molar-refractivity contribution is 0.282. The number of benzene rings is 2. The zero-order valence-electron chi connectivity index (χ0n) is 14.4. The molecule has 2 aromatic carbocycles. The van der Waals surface area contributed by atoms with Gasteiger partial charge in [0.2, 0.25) is 5.75 Å². The van der Waals surface area contributed by atoms with Gasteiger partial charge in [-0.05, 0) is 30.3 Å². The minimum Gasteiger partial charge on any atom is -0.493 e. The largest absolute Gasteiger partial charge is 0.493 e. The van der Waals surface area contributed by atoms with Crippen molar-refractivity contribution in [1.29, 1.82) is 0 Å². The van der Waals surface area contributed by atoms with Gasteiger partial charge in [-0.3, -0.25) is 0 Å². The van der Waals surface area contributed by atoms with Crippen molar-refractivity contribution in [3.05, 3.63) is 42.0 Å². The van der Waals surface area contributed by atoms with Crippen LogP contribution in [0.1, 0.15) is 5.56 Å². The summed E-state index contributed by atoms with van der Waals surface area (Å²) >= 11 is 0. The second kappa shape index (κ2) is 6.86. The maximum Gasteiger partial charge on any atom is 0.203 e. The van der Waals surface area contributed by atoms with Crippen molar-refractivity contribution in [1.82, 2.24) is 4.98 Å². The molecule has 3 aromatic rings. The van der Waals surface area contributed by atoms with Crippen LogP contribution in [0, 0.1) is 0 Å². The molecule has 3 N–H and O–H groups in total. The Bertz CT molecular complexity index is 900. The molecule has 0 amide bonds. The third-order valence-electron chi connectivity index (χ3n) is 4.13. The highest BCUT2D eigenvalue weighted by molar-refractivity contribution is 5.93. The minimum atomic E-state index is -0.101. The predicted octanol–water partition coefficient (Wildman–Crippen LogP) is 3.00. The van der Waals surface area contributed by atoms with Crippen LogP contribution < -0.4 is 19.9 Å². The Morgan fingerprint density at radius 1 is 0.960 bits per heavy atom. The molecule has 0 spiro atoms. The molecular weight excluding hydrogens is 320 g/mol. The van der Waals surface area contributed by atoms with Gasteiger partial charge in [0, 0.05) is 22.2 Å². The third kappa shape index (κ3) is 2.92. The molecule has 0 saturated carbocycles. The van der Waals surface area contributed by atoms with Gasteiger partial charge < -0.3 is 25.1 Å². The third-order valence-corrected chi connectivity index (χ3v) is 4.13. The van der Waals surface area contributed by atoms with Crippen molar-refractivity contribution in [3.63, 3.8) is 0 Å². The quantitative estimate of drug-likeness (QED) is 0.694. The van der Waals surface area contributed by atoms with Crippen LogP contribution in [0.4, 0.5) is 5.69 Å². The maximum absolute atomic E-state index is 9.34. The molecular formula is C19H20N2O4. The van der Waals surface area contributed by atoms with Crippen LogP contribution in [-0.4, -0.2) is 31.4 Å². The van der Waals surface area contributed by atoms with Crippen LogP contribution in [0.3, 0.4) is 0 Å². The number of aromatic nitrogens is 1. The van der Waals surface area contributed by atoms with Crippen LogP contribution in [0.5, 0.6) is 17.2 Å². The first kappa shape index (κ1) is 16.9. The molecule has 0 unspecified atom stereocenters. The summed E-state index contributed by atoms with van der Waals surface area (Å²) in [7, 11) is 4.72. The number of nitrogen functional groups attached to an aromatic ring is 1. The number of fused-ring (bicyclic) bond motifs is 1. The van der Waals surface area contributed by atoms with Crippen LogP contribution in [-0.2, 0) is 6.61 Å². The van der Waals surface area contributed by atoms with Crippen LogP contribution >= 0.6 is 0 Å². The molecule has 1 heterocycles. The number of aliphatic hydroxyl groups excluding tert-OH is 1. The number of methoxy groups -OCH3 is 3. The molecule has 0 bridgehead atoms. The van der Waals surface area contributed by atoms with Crippen LogP contribution in [0.25, 0.3) is 22.2 Å². The van der Waals surface area contributed by atoms with Crippen molar-refractivity contribution in [2.75, 3.05) is 27.1 Å². The van der Waals surface area contributed by atoms with Gasteiger partial charge in [-0.15, -0.1) is 0 Å². The highest BCUT2D eigenvalue weighted by Gasteiger charge is 2.15. The van der Waals surface area contributed by atoms with Gasteiger partial charge in [0.15, 0.2) is 11.5 Å². The van der Waals surface area contributed by atoms with Gasteiger partial charge in [-0.2, -0.15) is 0 Å². The van der Waals surface area contributed by atoms with Crippen molar-refractivity contribution in [3.8, 4) is 28.5 Å². The summed E-state index contributed by atoms with van der Waals surface area (Å²) in [4.78, 5) is 4.67. The summed E-state index contributed by atoms with van der Waals surface area (Å²) in [6, 6.07) is 11.1. The molecule has 0 aliphatic carbocycles. The summed E-state index contributed by atoms with van der Waals surface area (Å²) in [6.45, 7) is -0.101. The van der Waals surface area contributed by atoms with Gasteiger partial charge in [0.1, 0.15) is 0 Å². The lowest BCUT2D eigenvalue weighted by atomic mass is 10.0. The molecule has 1 aromatic heterocycles. The smallest absolute Gasteiger partial charge is 0.203 e. The Kier molecular flexibility index (Phi) is 4.63.